The Hall–Kier alpha value is -3.68. The lowest BCUT2D eigenvalue weighted by atomic mass is 10.1. The Kier molecular flexibility index (Phi) is 6.72. The number of amides is 1. The molecule has 4 aromatic rings. The number of fused-ring (bicyclic) bond motifs is 1. The van der Waals surface area contributed by atoms with E-state index in [2.05, 4.69) is 26.5 Å². The lowest BCUT2D eigenvalue weighted by Crippen LogP contribution is -2.18. The summed E-state index contributed by atoms with van der Waals surface area (Å²) in [6.07, 6.45) is 1.35. The number of hydrazone groups is 1. The van der Waals surface area contributed by atoms with Crippen molar-refractivity contribution in [2.45, 2.75) is 0 Å². The molecule has 2 N–H and O–H groups in total. The van der Waals surface area contributed by atoms with Crippen molar-refractivity contribution in [2.75, 3.05) is 0 Å². The van der Waals surface area contributed by atoms with E-state index in [4.69, 9.17) is 16.3 Å². The molecule has 0 heterocycles. The summed E-state index contributed by atoms with van der Waals surface area (Å²) >= 11 is 9.23. The largest absolute Gasteiger partial charge is 0.507 e. The Balaban J connectivity index is 1.51. The highest BCUT2D eigenvalue weighted by atomic mass is 79.9. The van der Waals surface area contributed by atoms with E-state index in [9.17, 15) is 14.7 Å². The molecule has 0 unspecified atom stereocenters. The molecule has 4 rings (SSSR count). The molecule has 0 saturated heterocycles. The van der Waals surface area contributed by atoms with Gasteiger partial charge in [-0.15, -0.1) is 0 Å². The summed E-state index contributed by atoms with van der Waals surface area (Å²) in [6.45, 7) is 0. The van der Waals surface area contributed by atoms with Gasteiger partial charge in [-0.2, -0.15) is 5.10 Å². The number of esters is 1. The molecule has 6 nitrogen and oxygen atoms in total. The Morgan fingerprint density at radius 3 is 2.39 bits per heavy atom. The van der Waals surface area contributed by atoms with Crippen LogP contribution in [-0.4, -0.2) is 23.2 Å². The normalized spacial score (nSPS) is 11.0. The third-order valence-electron chi connectivity index (χ3n) is 4.73. The maximum absolute atomic E-state index is 12.6. The zero-order chi connectivity index (χ0) is 23.4. The molecule has 0 bridgehead atoms. The average molecular weight is 524 g/mol. The molecule has 33 heavy (non-hydrogen) atoms. The zero-order valence-corrected chi connectivity index (χ0v) is 19.3. The van der Waals surface area contributed by atoms with Crippen LogP contribution in [0.5, 0.6) is 11.5 Å². The lowest BCUT2D eigenvalue weighted by Gasteiger charge is -2.08. The van der Waals surface area contributed by atoms with Crippen molar-refractivity contribution in [3.63, 3.8) is 0 Å². The fraction of sp³-hybridized carbons (Fsp3) is 0. The molecular weight excluding hydrogens is 508 g/mol. The van der Waals surface area contributed by atoms with Gasteiger partial charge < -0.3 is 9.84 Å². The number of phenolic OH excluding ortho intramolecular Hbond substituents is 1. The average Bonchev–Trinajstić information content (AvgIpc) is 2.80. The number of aromatic hydroxyl groups is 1. The molecule has 0 radical (unpaired) electrons. The minimum Gasteiger partial charge on any atom is -0.507 e. The van der Waals surface area contributed by atoms with Crippen LogP contribution >= 0.6 is 27.5 Å². The van der Waals surface area contributed by atoms with Gasteiger partial charge in [0.05, 0.1) is 17.3 Å². The van der Waals surface area contributed by atoms with Crippen LogP contribution in [0.2, 0.25) is 5.02 Å². The van der Waals surface area contributed by atoms with E-state index in [-0.39, 0.29) is 17.1 Å². The number of carbonyl (C=O) groups excluding carboxylic acids is 2. The van der Waals surface area contributed by atoms with Crippen molar-refractivity contribution in [3.8, 4) is 11.5 Å². The third kappa shape index (κ3) is 5.39. The molecule has 0 saturated carbocycles. The summed E-state index contributed by atoms with van der Waals surface area (Å²) in [5, 5.41) is 16.3. The second kappa shape index (κ2) is 9.85. The van der Waals surface area contributed by atoms with Crippen molar-refractivity contribution >= 4 is 56.4 Å². The summed E-state index contributed by atoms with van der Waals surface area (Å²) in [4.78, 5) is 25.0. The summed E-state index contributed by atoms with van der Waals surface area (Å²) in [6, 6.07) is 21.8. The van der Waals surface area contributed by atoms with Crippen LogP contribution in [0.3, 0.4) is 0 Å². The summed E-state index contributed by atoms with van der Waals surface area (Å²) in [7, 11) is 0. The van der Waals surface area contributed by atoms with Gasteiger partial charge in [-0.1, -0.05) is 51.8 Å². The van der Waals surface area contributed by atoms with Crippen LogP contribution in [-0.2, 0) is 0 Å². The van der Waals surface area contributed by atoms with Crippen molar-refractivity contribution in [1.82, 2.24) is 5.43 Å². The zero-order valence-electron chi connectivity index (χ0n) is 17.0. The monoisotopic (exact) mass is 522 g/mol. The second-order valence-corrected chi connectivity index (χ2v) is 8.35. The first-order valence-electron chi connectivity index (χ1n) is 9.73. The number of rotatable bonds is 5. The molecule has 0 aromatic heterocycles. The number of nitrogens with one attached hydrogen (secondary N) is 1. The number of hydrogen-bond acceptors (Lipinski definition) is 5. The summed E-state index contributed by atoms with van der Waals surface area (Å²) in [5.41, 5.74) is 3.27. The van der Waals surface area contributed by atoms with Crippen molar-refractivity contribution in [3.05, 3.63) is 105 Å². The van der Waals surface area contributed by atoms with E-state index < -0.39 is 11.9 Å². The van der Waals surface area contributed by atoms with E-state index >= 15 is 0 Å². The van der Waals surface area contributed by atoms with Crippen molar-refractivity contribution < 1.29 is 19.4 Å². The highest BCUT2D eigenvalue weighted by molar-refractivity contribution is 9.10. The van der Waals surface area contributed by atoms with Crippen LogP contribution < -0.4 is 10.2 Å². The van der Waals surface area contributed by atoms with Gasteiger partial charge >= 0.3 is 5.97 Å². The lowest BCUT2D eigenvalue weighted by molar-refractivity contribution is 0.0734. The third-order valence-corrected chi connectivity index (χ3v) is 5.48. The van der Waals surface area contributed by atoms with Crippen LogP contribution in [0.1, 0.15) is 26.3 Å². The molecule has 164 valence electrons. The van der Waals surface area contributed by atoms with Gasteiger partial charge in [0.2, 0.25) is 0 Å². The maximum Gasteiger partial charge on any atom is 0.343 e. The Morgan fingerprint density at radius 2 is 1.67 bits per heavy atom. The smallest absolute Gasteiger partial charge is 0.343 e. The minimum absolute atomic E-state index is 0.0921. The molecule has 8 heteroatoms. The number of nitrogens with zero attached hydrogens (tertiary/aromatic N) is 1. The van der Waals surface area contributed by atoms with Crippen molar-refractivity contribution in [1.29, 1.82) is 0 Å². The fourth-order valence-electron chi connectivity index (χ4n) is 3.09. The predicted octanol–water partition coefficient (Wildman–Crippen LogP) is 5.94. The van der Waals surface area contributed by atoms with Gasteiger partial charge in [-0.25, -0.2) is 10.2 Å². The number of carbonyl (C=O) groups is 2. The molecule has 0 spiro atoms. The van der Waals surface area contributed by atoms with Crippen LogP contribution in [0.4, 0.5) is 0 Å². The van der Waals surface area contributed by atoms with Gasteiger partial charge in [-0.3, -0.25) is 4.79 Å². The molecule has 0 aliphatic rings. The minimum atomic E-state index is -0.579. The van der Waals surface area contributed by atoms with E-state index in [1.807, 2.05) is 24.3 Å². The van der Waals surface area contributed by atoms with E-state index in [0.29, 0.717) is 16.1 Å². The molecule has 4 aromatic carbocycles. The second-order valence-electron chi connectivity index (χ2n) is 6.99. The Morgan fingerprint density at radius 1 is 0.970 bits per heavy atom. The Labute approximate surface area is 202 Å². The van der Waals surface area contributed by atoms with Gasteiger partial charge in [0, 0.05) is 15.1 Å². The summed E-state index contributed by atoms with van der Waals surface area (Å²) in [5.74, 6) is -1.04. The number of benzene rings is 4. The van der Waals surface area contributed by atoms with E-state index in [1.165, 1.54) is 12.3 Å². The molecule has 0 atom stereocenters. The molecule has 0 aliphatic heterocycles. The predicted molar refractivity (Wildman–Crippen MR) is 131 cm³/mol. The van der Waals surface area contributed by atoms with Crippen LogP contribution in [0, 0.1) is 0 Å². The van der Waals surface area contributed by atoms with Crippen molar-refractivity contribution in [2.24, 2.45) is 5.10 Å². The Bertz CT molecular complexity index is 1390. The number of halogens is 2. The first-order chi connectivity index (χ1) is 15.9. The maximum atomic E-state index is 12.6. The van der Waals surface area contributed by atoms with E-state index in [1.54, 1.807) is 48.5 Å². The topological polar surface area (TPSA) is 88.0 Å². The molecule has 0 aliphatic carbocycles. The number of phenols is 1. The van der Waals surface area contributed by atoms with Gasteiger partial charge in [0.25, 0.3) is 5.91 Å². The number of ether oxygens (including phenoxy) is 1. The van der Waals surface area contributed by atoms with E-state index in [0.717, 1.165) is 15.2 Å². The molecule has 0 fully saturated rings. The standard InChI is InChI=1S/C25H16BrClN2O4/c26-19-7-10-23(33-25(32)15-5-8-20(27)9-6-15)18(11-19)14-28-29-24(31)21-12-16-3-1-2-4-17(16)13-22(21)30/h1-14,30H,(H,29,31)/b28-14-. The first kappa shape index (κ1) is 22.5. The summed E-state index contributed by atoms with van der Waals surface area (Å²) < 4.78 is 6.22. The van der Waals surface area contributed by atoms with Gasteiger partial charge in [0.15, 0.2) is 0 Å². The number of hydrogen-bond donors (Lipinski definition) is 2. The molecular formula is C25H16BrClN2O4. The van der Waals surface area contributed by atoms with Gasteiger partial charge in [0.1, 0.15) is 11.5 Å². The van der Waals surface area contributed by atoms with Crippen LogP contribution in [0.25, 0.3) is 10.8 Å². The fourth-order valence-corrected chi connectivity index (χ4v) is 3.59. The quantitative estimate of drug-likeness (QED) is 0.147. The van der Waals surface area contributed by atoms with Gasteiger partial charge in [-0.05, 0) is 65.4 Å². The first-order valence-corrected chi connectivity index (χ1v) is 10.9. The SMILES string of the molecule is O=C(Oc1ccc(Br)cc1/C=N\NC(=O)c1cc2ccccc2cc1O)c1ccc(Cl)cc1. The highest BCUT2D eigenvalue weighted by Crippen LogP contribution is 2.25. The van der Waals surface area contributed by atoms with Crippen LogP contribution in [0.15, 0.2) is 88.4 Å². The molecule has 1 amide bonds. The highest BCUT2D eigenvalue weighted by Gasteiger charge is 2.13.